The molecule has 0 amide bonds. The van der Waals surface area contributed by atoms with Crippen molar-refractivity contribution in [1.82, 2.24) is 29.5 Å². The third-order valence-electron chi connectivity index (χ3n) is 6.57. The minimum absolute atomic E-state index is 0.445. The standard InChI is InChI=1S/C25H28F2N6/c26-21-4-3-19(24(27)14-21)7-9-32-12-10-31(11-13-32)8-1-2-20-16-28-25-6-5-22(15-23(20)25)33-17-29-30-18-33/h3-6,14-18,28H,1-2,7-13H2. The largest absolute Gasteiger partial charge is 0.361 e. The SMILES string of the molecule is Fc1ccc(CCN2CCN(CCCc3c[nH]c4ccc(-n5cnnc5)cc34)CC2)c(F)c1. The zero-order chi connectivity index (χ0) is 22.6. The van der Waals surface area contributed by atoms with Gasteiger partial charge in [-0.05, 0) is 61.2 Å². The maximum absolute atomic E-state index is 13.8. The van der Waals surface area contributed by atoms with E-state index in [4.69, 9.17) is 0 Å². The van der Waals surface area contributed by atoms with Gasteiger partial charge in [-0.15, -0.1) is 10.2 Å². The summed E-state index contributed by atoms with van der Waals surface area (Å²) >= 11 is 0. The predicted molar refractivity (Wildman–Crippen MR) is 124 cm³/mol. The molecule has 0 bridgehead atoms. The number of benzene rings is 2. The molecule has 1 aliphatic rings. The van der Waals surface area contributed by atoms with Crippen LogP contribution < -0.4 is 0 Å². The molecule has 2 aromatic carbocycles. The third-order valence-corrected chi connectivity index (χ3v) is 6.57. The summed E-state index contributed by atoms with van der Waals surface area (Å²) in [6.07, 6.45) is 8.28. The molecule has 1 aliphatic heterocycles. The highest BCUT2D eigenvalue weighted by atomic mass is 19.1. The highest BCUT2D eigenvalue weighted by molar-refractivity contribution is 5.85. The zero-order valence-electron chi connectivity index (χ0n) is 18.6. The molecule has 1 N–H and O–H groups in total. The van der Waals surface area contributed by atoms with E-state index in [1.54, 1.807) is 18.7 Å². The second-order valence-corrected chi connectivity index (χ2v) is 8.69. The van der Waals surface area contributed by atoms with Gasteiger partial charge in [0.15, 0.2) is 0 Å². The Bertz CT molecular complexity index is 1200. The first-order valence-electron chi connectivity index (χ1n) is 11.5. The molecule has 8 heteroatoms. The molecule has 6 nitrogen and oxygen atoms in total. The van der Waals surface area contributed by atoms with E-state index >= 15 is 0 Å². The molecule has 0 spiro atoms. The highest BCUT2D eigenvalue weighted by Gasteiger charge is 2.17. The number of aryl methyl sites for hydroxylation is 1. The fourth-order valence-corrected chi connectivity index (χ4v) is 4.60. The van der Waals surface area contributed by atoms with Crippen LogP contribution >= 0.6 is 0 Å². The summed E-state index contributed by atoms with van der Waals surface area (Å²) in [6, 6.07) is 10.2. The number of halogens is 2. The Hall–Kier alpha value is -3.10. The molecule has 172 valence electrons. The lowest BCUT2D eigenvalue weighted by molar-refractivity contribution is 0.132. The van der Waals surface area contributed by atoms with E-state index in [1.807, 2.05) is 4.57 Å². The number of hydrogen-bond donors (Lipinski definition) is 1. The first-order chi connectivity index (χ1) is 16.2. The first-order valence-corrected chi connectivity index (χ1v) is 11.5. The number of piperazine rings is 1. The van der Waals surface area contributed by atoms with Gasteiger partial charge in [0.05, 0.1) is 0 Å². The Morgan fingerprint density at radius 3 is 2.33 bits per heavy atom. The number of hydrogen-bond acceptors (Lipinski definition) is 4. The number of aromatic amines is 1. The molecular formula is C25H28F2N6. The smallest absolute Gasteiger partial charge is 0.129 e. The molecule has 1 fully saturated rings. The number of nitrogens with one attached hydrogen (secondary N) is 1. The number of aromatic nitrogens is 4. The lowest BCUT2D eigenvalue weighted by Gasteiger charge is -2.34. The monoisotopic (exact) mass is 450 g/mol. The second-order valence-electron chi connectivity index (χ2n) is 8.69. The molecule has 2 aromatic heterocycles. The number of nitrogens with zero attached hydrogens (tertiary/aromatic N) is 5. The minimum atomic E-state index is -0.520. The van der Waals surface area contributed by atoms with Crippen LogP contribution in [-0.4, -0.2) is 68.8 Å². The van der Waals surface area contributed by atoms with E-state index in [2.05, 4.69) is 49.4 Å². The molecule has 3 heterocycles. The van der Waals surface area contributed by atoms with E-state index < -0.39 is 11.6 Å². The number of rotatable bonds is 8. The van der Waals surface area contributed by atoms with Gasteiger partial charge in [-0.25, -0.2) is 8.78 Å². The van der Waals surface area contributed by atoms with Gasteiger partial charge in [0.25, 0.3) is 0 Å². The van der Waals surface area contributed by atoms with Crippen LogP contribution in [0.3, 0.4) is 0 Å². The summed E-state index contributed by atoms with van der Waals surface area (Å²) < 4.78 is 28.8. The van der Waals surface area contributed by atoms with E-state index in [0.29, 0.717) is 12.0 Å². The maximum Gasteiger partial charge on any atom is 0.129 e. The average Bonchev–Trinajstić information content (AvgIpc) is 3.50. The van der Waals surface area contributed by atoms with E-state index in [-0.39, 0.29) is 0 Å². The second kappa shape index (κ2) is 9.80. The minimum Gasteiger partial charge on any atom is -0.361 e. The molecule has 0 radical (unpaired) electrons. The van der Waals surface area contributed by atoms with Crippen LogP contribution in [0.1, 0.15) is 17.5 Å². The molecule has 0 atom stereocenters. The highest BCUT2D eigenvalue weighted by Crippen LogP contribution is 2.23. The van der Waals surface area contributed by atoms with E-state index in [1.165, 1.54) is 17.0 Å². The Kier molecular flexibility index (Phi) is 6.46. The average molecular weight is 451 g/mol. The lowest BCUT2D eigenvalue weighted by atomic mass is 10.1. The van der Waals surface area contributed by atoms with Crippen molar-refractivity contribution in [2.24, 2.45) is 0 Å². The topological polar surface area (TPSA) is 53.0 Å². The Balaban J connectivity index is 1.09. The normalized spacial score (nSPS) is 15.5. The molecule has 4 aromatic rings. The van der Waals surface area contributed by atoms with E-state index in [9.17, 15) is 8.78 Å². The Labute approximate surface area is 191 Å². The van der Waals surface area contributed by atoms with Crippen LogP contribution in [-0.2, 0) is 12.8 Å². The predicted octanol–water partition coefficient (Wildman–Crippen LogP) is 3.82. The first kappa shape index (κ1) is 21.7. The fraction of sp³-hybridized carbons (Fsp3) is 0.360. The third kappa shape index (κ3) is 5.12. The summed E-state index contributed by atoms with van der Waals surface area (Å²) in [6.45, 7) is 5.89. The van der Waals surface area contributed by atoms with Gasteiger partial charge in [0.2, 0.25) is 0 Å². The quantitative estimate of drug-likeness (QED) is 0.444. The molecular weight excluding hydrogens is 422 g/mol. The van der Waals surface area contributed by atoms with Gasteiger partial charge in [-0.3, -0.25) is 4.57 Å². The Morgan fingerprint density at radius 2 is 1.58 bits per heavy atom. The summed E-state index contributed by atoms with van der Waals surface area (Å²) in [5.74, 6) is -0.965. The number of fused-ring (bicyclic) bond motifs is 1. The van der Waals surface area contributed by atoms with Gasteiger partial charge >= 0.3 is 0 Å². The molecule has 0 aliphatic carbocycles. The van der Waals surface area contributed by atoms with Crippen LogP contribution in [0.25, 0.3) is 16.6 Å². The van der Waals surface area contributed by atoms with E-state index in [0.717, 1.165) is 69.4 Å². The lowest BCUT2D eigenvalue weighted by Crippen LogP contribution is -2.47. The van der Waals surface area contributed by atoms with Gasteiger partial charge in [0.1, 0.15) is 24.3 Å². The van der Waals surface area contributed by atoms with Crippen molar-refractivity contribution in [3.8, 4) is 5.69 Å². The van der Waals surface area contributed by atoms with Crippen molar-refractivity contribution in [2.45, 2.75) is 19.3 Å². The van der Waals surface area contributed by atoms with Gasteiger partial charge < -0.3 is 14.8 Å². The van der Waals surface area contributed by atoms with Crippen LogP contribution in [0.2, 0.25) is 0 Å². The summed E-state index contributed by atoms with van der Waals surface area (Å²) in [5, 5.41) is 9.04. The Morgan fingerprint density at radius 1 is 0.818 bits per heavy atom. The van der Waals surface area contributed by atoms with Gasteiger partial charge in [0, 0.05) is 61.6 Å². The van der Waals surface area contributed by atoms with Crippen molar-refractivity contribution >= 4 is 10.9 Å². The summed E-state index contributed by atoms with van der Waals surface area (Å²) in [5.41, 5.74) is 4.13. The van der Waals surface area contributed by atoms with Crippen molar-refractivity contribution in [3.63, 3.8) is 0 Å². The van der Waals surface area contributed by atoms with Crippen molar-refractivity contribution in [1.29, 1.82) is 0 Å². The van der Waals surface area contributed by atoms with Crippen LogP contribution in [0.5, 0.6) is 0 Å². The molecule has 33 heavy (non-hydrogen) atoms. The molecule has 0 unspecified atom stereocenters. The molecule has 5 rings (SSSR count). The van der Waals surface area contributed by atoms with Crippen molar-refractivity contribution < 1.29 is 8.78 Å². The maximum atomic E-state index is 13.8. The van der Waals surface area contributed by atoms with Crippen molar-refractivity contribution in [2.75, 3.05) is 39.3 Å². The van der Waals surface area contributed by atoms with Crippen LogP contribution in [0, 0.1) is 11.6 Å². The van der Waals surface area contributed by atoms with Crippen molar-refractivity contribution in [3.05, 3.63) is 78.0 Å². The summed E-state index contributed by atoms with van der Waals surface area (Å²) in [7, 11) is 0. The van der Waals surface area contributed by atoms with Crippen LogP contribution in [0.15, 0.2) is 55.2 Å². The van der Waals surface area contributed by atoms with Crippen LogP contribution in [0.4, 0.5) is 8.78 Å². The number of H-pyrrole nitrogens is 1. The summed E-state index contributed by atoms with van der Waals surface area (Å²) in [4.78, 5) is 8.25. The van der Waals surface area contributed by atoms with Gasteiger partial charge in [-0.2, -0.15) is 0 Å². The molecule has 1 saturated heterocycles. The zero-order valence-corrected chi connectivity index (χ0v) is 18.6. The van der Waals surface area contributed by atoms with Gasteiger partial charge in [-0.1, -0.05) is 6.07 Å². The fourth-order valence-electron chi connectivity index (χ4n) is 4.60. The molecule has 0 saturated carbocycles.